The lowest BCUT2D eigenvalue weighted by Crippen LogP contribution is -2.25. The first-order valence-corrected chi connectivity index (χ1v) is 11.1. The number of hydrogen-bond acceptors (Lipinski definition) is 3. The Morgan fingerprint density at radius 3 is 2.47 bits per heavy atom. The Kier molecular flexibility index (Phi) is 8.30. The fourth-order valence-corrected chi connectivity index (χ4v) is 3.82. The Balaban J connectivity index is 1.64. The number of ether oxygens (including phenoxy) is 1. The number of para-hydroxylation sites is 3. The minimum atomic E-state index is -0.151. The number of amides is 1. The molecular weight excluding hydrogens is 374 g/mol. The molecule has 0 aliphatic carbocycles. The Morgan fingerprint density at radius 2 is 1.67 bits per heavy atom. The number of hydrogen-bond donors (Lipinski definition) is 1. The summed E-state index contributed by atoms with van der Waals surface area (Å²) >= 11 is 0. The van der Waals surface area contributed by atoms with Crippen molar-refractivity contribution in [2.75, 3.05) is 7.11 Å². The summed E-state index contributed by atoms with van der Waals surface area (Å²) in [7, 11) is 1.58. The fourth-order valence-electron chi connectivity index (χ4n) is 3.82. The molecule has 0 fully saturated rings. The van der Waals surface area contributed by atoms with Crippen LogP contribution in [0.4, 0.5) is 0 Å². The van der Waals surface area contributed by atoms with Crippen molar-refractivity contribution in [1.29, 1.82) is 0 Å². The number of aromatic nitrogens is 2. The van der Waals surface area contributed by atoms with E-state index in [-0.39, 0.29) is 5.91 Å². The maximum atomic E-state index is 12.7. The maximum absolute atomic E-state index is 12.7. The number of fused-ring (bicyclic) bond motifs is 1. The Morgan fingerprint density at radius 1 is 0.967 bits per heavy atom. The number of unbranched alkanes of at least 4 members (excludes halogenated alkanes) is 6. The summed E-state index contributed by atoms with van der Waals surface area (Å²) in [4.78, 5) is 17.5. The lowest BCUT2D eigenvalue weighted by atomic mass is 10.1. The molecule has 2 aromatic carbocycles. The minimum absolute atomic E-state index is 0.151. The van der Waals surface area contributed by atoms with Crippen LogP contribution in [0.3, 0.4) is 0 Å². The molecule has 3 aromatic rings. The van der Waals surface area contributed by atoms with Crippen LogP contribution >= 0.6 is 0 Å². The van der Waals surface area contributed by atoms with Crippen molar-refractivity contribution in [2.45, 2.75) is 65.0 Å². The molecule has 0 atom stereocenters. The highest BCUT2D eigenvalue weighted by Crippen LogP contribution is 2.19. The zero-order valence-corrected chi connectivity index (χ0v) is 18.2. The molecule has 0 bridgehead atoms. The van der Waals surface area contributed by atoms with E-state index in [1.54, 1.807) is 19.2 Å². The van der Waals surface area contributed by atoms with Gasteiger partial charge < -0.3 is 14.6 Å². The maximum Gasteiger partial charge on any atom is 0.255 e. The van der Waals surface area contributed by atoms with Crippen molar-refractivity contribution in [1.82, 2.24) is 14.9 Å². The van der Waals surface area contributed by atoms with E-state index in [0.29, 0.717) is 17.9 Å². The van der Waals surface area contributed by atoms with E-state index in [1.807, 2.05) is 30.3 Å². The largest absolute Gasteiger partial charge is 0.496 e. The normalized spacial score (nSPS) is 11.0. The molecule has 0 saturated carbocycles. The van der Waals surface area contributed by atoms with Gasteiger partial charge in [0.05, 0.1) is 30.3 Å². The number of nitrogens with one attached hydrogen (secondary N) is 1. The summed E-state index contributed by atoms with van der Waals surface area (Å²) in [5, 5.41) is 3.01. The molecule has 1 amide bonds. The highest BCUT2D eigenvalue weighted by atomic mass is 16.5. The highest BCUT2D eigenvalue weighted by Gasteiger charge is 2.14. The first kappa shape index (κ1) is 21.9. The summed E-state index contributed by atoms with van der Waals surface area (Å²) in [6, 6.07) is 15.5. The standard InChI is InChI=1S/C25H33N3O2/c1-3-4-5-6-7-8-13-18-28-22-16-11-10-15-21(22)27-24(28)19-26-25(29)20-14-9-12-17-23(20)30-2/h9-12,14-17H,3-8,13,18-19H2,1-2H3,(H,26,29). The smallest absolute Gasteiger partial charge is 0.255 e. The van der Waals surface area contributed by atoms with Gasteiger partial charge in [0.1, 0.15) is 11.6 Å². The number of nitrogens with zero attached hydrogens (tertiary/aromatic N) is 2. The van der Waals surface area contributed by atoms with Crippen LogP contribution in [0.1, 0.15) is 68.1 Å². The average Bonchev–Trinajstić information content (AvgIpc) is 3.14. The lowest BCUT2D eigenvalue weighted by molar-refractivity contribution is 0.0946. The monoisotopic (exact) mass is 407 g/mol. The first-order valence-electron chi connectivity index (χ1n) is 11.1. The summed E-state index contributed by atoms with van der Waals surface area (Å²) in [5.41, 5.74) is 2.64. The van der Waals surface area contributed by atoms with Gasteiger partial charge in [-0.05, 0) is 30.7 Å². The molecule has 1 aromatic heterocycles. The van der Waals surface area contributed by atoms with Crippen molar-refractivity contribution < 1.29 is 9.53 Å². The van der Waals surface area contributed by atoms with E-state index >= 15 is 0 Å². The Labute approximate surface area is 179 Å². The molecule has 0 saturated heterocycles. The topological polar surface area (TPSA) is 56.2 Å². The molecule has 160 valence electrons. The van der Waals surface area contributed by atoms with Crippen LogP contribution in [0.5, 0.6) is 5.75 Å². The molecule has 0 unspecified atom stereocenters. The molecule has 1 heterocycles. The first-order chi connectivity index (χ1) is 14.7. The van der Waals surface area contributed by atoms with E-state index in [1.165, 1.54) is 38.5 Å². The third kappa shape index (κ3) is 5.62. The minimum Gasteiger partial charge on any atom is -0.496 e. The molecule has 0 radical (unpaired) electrons. The van der Waals surface area contributed by atoms with Crippen LogP contribution < -0.4 is 10.1 Å². The van der Waals surface area contributed by atoms with Crippen molar-refractivity contribution in [3.63, 3.8) is 0 Å². The van der Waals surface area contributed by atoms with Gasteiger partial charge in [-0.2, -0.15) is 0 Å². The van der Waals surface area contributed by atoms with Crippen LogP contribution in [0, 0.1) is 0 Å². The zero-order valence-electron chi connectivity index (χ0n) is 18.2. The van der Waals surface area contributed by atoms with E-state index in [0.717, 1.165) is 29.8 Å². The lowest BCUT2D eigenvalue weighted by Gasteiger charge is -2.11. The van der Waals surface area contributed by atoms with Crippen LogP contribution in [0.2, 0.25) is 0 Å². The molecule has 0 spiro atoms. The van der Waals surface area contributed by atoms with E-state index in [4.69, 9.17) is 9.72 Å². The van der Waals surface area contributed by atoms with Crippen LogP contribution in [0.25, 0.3) is 11.0 Å². The van der Waals surface area contributed by atoms with Gasteiger partial charge in [0.25, 0.3) is 5.91 Å². The van der Waals surface area contributed by atoms with Crippen LogP contribution in [-0.4, -0.2) is 22.6 Å². The van der Waals surface area contributed by atoms with Crippen molar-refractivity contribution in [2.24, 2.45) is 0 Å². The van der Waals surface area contributed by atoms with Crippen LogP contribution in [-0.2, 0) is 13.1 Å². The van der Waals surface area contributed by atoms with E-state index in [9.17, 15) is 4.79 Å². The molecule has 1 N–H and O–H groups in total. The van der Waals surface area contributed by atoms with Gasteiger partial charge in [-0.15, -0.1) is 0 Å². The Bertz CT molecular complexity index is 948. The van der Waals surface area contributed by atoms with Gasteiger partial charge in [0.15, 0.2) is 0 Å². The molecule has 5 nitrogen and oxygen atoms in total. The molecule has 0 aliphatic rings. The summed E-state index contributed by atoms with van der Waals surface area (Å²) < 4.78 is 7.56. The number of methoxy groups -OCH3 is 1. The second-order valence-electron chi connectivity index (χ2n) is 7.67. The number of benzene rings is 2. The highest BCUT2D eigenvalue weighted by molar-refractivity contribution is 5.96. The average molecular weight is 408 g/mol. The third-order valence-corrected chi connectivity index (χ3v) is 5.48. The third-order valence-electron chi connectivity index (χ3n) is 5.48. The van der Waals surface area contributed by atoms with Gasteiger partial charge >= 0.3 is 0 Å². The number of aryl methyl sites for hydroxylation is 1. The SMILES string of the molecule is CCCCCCCCCn1c(CNC(=O)c2ccccc2OC)nc2ccccc21. The number of rotatable bonds is 12. The van der Waals surface area contributed by atoms with E-state index < -0.39 is 0 Å². The van der Waals surface area contributed by atoms with Gasteiger partial charge in [0, 0.05) is 6.54 Å². The van der Waals surface area contributed by atoms with Crippen LogP contribution in [0.15, 0.2) is 48.5 Å². The summed E-state index contributed by atoms with van der Waals surface area (Å²) in [5.74, 6) is 1.32. The predicted octanol–water partition coefficient (Wildman–Crippen LogP) is 5.73. The van der Waals surface area contributed by atoms with Crippen molar-refractivity contribution in [3.8, 4) is 5.75 Å². The van der Waals surface area contributed by atoms with Gasteiger partial charge in [-0.3, -0.25) is 4.79 Å². The molecular formula is C25H33N3O2. The molecule has 3 rings (SSSR count). The van der Waals surface area contributed by atoms with Gasteiger partial charge in [-0.1, -0.05) is 69.7 Å². The predicted molar refractivity (Wildman–Crippen MR) is 122 cm³/mol. The molecule has 30 heavy (non-hydrogen) atoms. The second kappa shape index (κ2) is 11.4. The molecule has 5 heteroatoms. The molecule has 0 aliphatic heterocycles. The van der Waals surface area contributed by atoms with Gasteiger partial charge in [0.2, 0.25) is 0 Å². The Hall–Kier alpha value is -2.82. The van der Waals surface area contributed by atoms with Crippen molar-refractivity contribution >= 4 is 16.9 Å². The second-order valence-corrected chi connectivity index (χ2v) is 7.67. The van der Waals surface area contributed by atoms with Crippen molar-refractivity contribution in [3.05, 3.63) is 59.9 Å². The van der Waals surface area contributed by atoms with Gasteiger partial charge in [-0.25, -0.2) is 4.98 Å². The number of carbonyl (C=O) groups is 1. The fraction of sp³-hybridized carbons (Fsp3) is 0.440. The number of carbonyl (C=O) groups excluding carboxylic acids is 1. The summed E-state index contributed by atoms with van der Waals surface area (Å²) in [6.07, 6.45) is 8.91. The van der Waals surface area contributed by atoms with E-state index in [2.05, 4.69) is 22.9 Å². The zero-order chi connectivity index (χ0) is 21.2. The number of imidazole rings is 1. The quantitative estimate of drug-likeness (QED) is 0.390. The summed E-state index contributed by atoms with van der Waals surface area (Å²) in [6.45, 7) is 3.56.